The zero-order chi connectivity index (χ0) is 24.3. The van der Waals surface area contributed by atoms with Gasteiger partial charge >= 0.3 is 0 Å². The van der Waals surface area contributed by atoms with E-state index in [1.165, 1.54) is 37.6 Å². The number of carbonyl (C=O) groups excluding carboxylic acids is 1. The number of halogens is 3. The summed E-state index contributed by atoms with van der Waals surface area (Å²) in [6, 6.07) is 9.39. The summed E-state index contributed by atoms with van der Waals surface area (Å²) in [4.78, 5) is 17.3. The lowest BCUT2D eigenvalue weighted by atomic mass is 10.2. The number of allylic oxidation sites excluding steroid dienone is 1. The van der Waals surface area contributed by atoms with E-state index in [4.69, 9.17) is 11.6 Å². The largest absolute Gasteiger partial charge is 0.388 e. The highest BCUT2D eigenvalue weighted by atomic mass is 35.5. The van der Waals surface area contributed by atoms with Crippen molar-refractivity contribution in [2.24, 2.45) is 0 Å². The van der Waals surface area contributed by atoms with E-state index in [0.29, 0.717) is 0 Å². The van der Waals surface area contributed by atoms with E-state index in [1.54, 1.807) is 0 Å². The van der Waals surface area contributed by atoms with Crippen LogP contribution >= 0.6 is 11.6 Å². The molecule has 0 atom stereocenters. The number of H-pyrrole nitrogens is 1. The minimum absolute atomic E-state index is 0.0146. The molecule has 0 amide bonds. The van der Waals surface area contributed by atoms with Crippen molar-refractivity contribution in [3.8, 4) is 11.4 Å². The van der Waals surface area contributed by atoms with Gasteiger partial charge in [-0.05, 0) is 55.7 Å². The van der Waals surface area contributed by atoms with E-state index >= 15 is 0 Å². The van der Waals surface area contributed by atoms with Gasteiger partial charge in [-0.15, -0.1) is 13.2 Å². The standard InChI is InChI=1S/C11H8F2N2O.C8H10ClN.C4H6.C2H4/c1-6(16)9-5-14-11(15-9)10-7(12)3-2-4-8(10)13;1-6-5-7(10-2)3-4-8(6)9;1-4-2-3-4;1-2/h2-5H,1H3,(H,14,15);3-5,10H,1-2H3;1-3H2;1-2H2. The molecule has 1 aromatic heterocycles. The van der Waals surface area contributed by atoms with Gasteiger partial charge in [0.1, 0.15) is 23.2 Å². The van der Waals surface area contributed by atoms with Gasteiger partial charge in [-0.25, -0.2) is 13.8 Å². The second kappa shape index (κ2) is 13.2. The maximum absolute atomic E-state index is 13.4. The molecule has 4 nitrogen and oxygen atoms in total. The van der Waals surface area contributed by atoms with Crippen molar-refractivity contribution in [2.75, 3.05) is 12.4 Å². The van der Waals surface area contributed by atoms with Crippen LogP contribution in [-0.2, 0) is 0 Å². The number of rotatable bonds is 3. The molecule has 7 heteroatoms. The number of aromatic amines is 1. The number of nitrogens with one attached hydrogen (secondary N) is 2. The van der Waals surface area contributed by atoms with Gasteiger partial charge in [0.2, 0.25) is 0 Å². The maximum Gasteiger partial charge on any atom is 0.177 e. The molecule has 1 saturated carbocycles. The number of anilines is 1. The molecular weight excluding hydrogens is 432 g/mol. The van der Waals surface area contributed by atoms with E-state index < -0.39 is 11.6 Å². The molecule has 170 valence electrons. The Balaban J connectivity index is 0.000000271. The number of aryl methyl sites for hydroxylation is 1. The summed E-state index contributed by atoms with van der Waals surface area (Å²) in [5.41, 5.74) is 3.59. The van der Waals surface area contributed by atoms with Crippen molar-refractivity contribution < 1.29 is 13.6 Å². The van der Waals surface area contributed by atoms with E-state index in [-0.39, 0.29) is 22.9 Å². The van der Waals surface area contributed by atoms with Crippen molar-refractivity contribution in [3.05, 3.63) is 95.8 Å². The maximum atomic E-state index is 13.4. The first-order chi connectivity index (χ1) is 15.2. The second-order valence-corrected chi connectivity index (χ2v) is 7.17. The van der Waals surface area contributed by atoms with Crippen molar-refractivity contribution in [3.63, 3.8) is 0 Å². The van der Waals surface area contributed by atoms with Crippen molar-refractivity contribution in [2.45, 2.75) is 26.7 Å². The van der Waals surface area contributed by atoms with Gasteiger partial charge in [0.05, 0.1) is 11.8 Å². The molecule has 0 radical (unpaired) electrons. The van der Waals surface area contributed by atoms with E-state index in [9.17, 15) is 13.6 Å². The van der Waals surface area contributed by atoms with Crippen molar-refractivity contribution >= 4 is 23.1 Å². The van der Waals surface area contributed by atoms with E-state index in [0.717, 1.165) is 28.4 Å². The number of imidazole rings is 1. The zero-order valence-electron chi connectivity index (χ0n) is 18.6. The highest BCUT2D eigenvalue weighted by molar-refractivity contribution is 6.31. The fraction of sp³-hybridized carbons (Fsp3) is 0.200. The van der Waals surface area contributed by atoms with Gasteiger partial charge in [-0.3, -0.25) is 4.79 Å². The monoisotopic (exact) mass is 459 g/mol. The number of hydrogen-bond donors (Lipinski definition) is 2. The number of benzene rings is 2. The number of ketones is 1. The molecule has 3 aromatic rings. The van der Waals surface area contributed by atoms with Gasteiger partial charge in [0.25, 0.3) is 0 Å². The third kappa shape index (κ3) is 8.47. The molecule has 0 bridgehead atoms. The lowest BCUT2D eigenvalue weighted by molar-refractivity contribution is 0.101. The third-order valence-electron chi connectivity index (χ3n) is 4.20. The number of aromatic nitrogens is 2. The van der Waals surface area contributed by atoms with Crippen LogP contribution in [0.2, 0.25) is 5.02 Å². The number of hydrogen-bond acceptors (Lipinski definition) is 3. The molecule has 0 saturated heterocycles. The molecular formula is C25H28ClF2N3O. The smallest absolute Gasteiger partial charge is 0.177 e. The molecule has 0 unspecified atom stereocenters. The number of Topliss-reactive ketones (excluding diaryl/α,β-unsaturated/α-hetero) is 1. The Labute approximate surface area is 193 Å². The van der Waals surface area contributed by atoms with Crippen LogP contribution < -0.4 is 5.32 Å². The van der Waals surface area contributed by atoms with Crippen LogP contribution in [0.4, 0.5) is 14.5 Å². The predicted molar refractivity (Wildman–Crippen MR) is 129 cm³/mol. The van der Waals surface area contributed by atoms with Crippen LogP contribution in [0.15, 0.2) is 67.9 Å². The Kier molecular flexibility index (Phi) is 11.1. The Hall–Kier alpha value is -3.25. The molecule has 1 fully saturated rings. The highest BCUT2D eigenvalue weighted by Crippen LogP contribution is 2.24. The fourth-order valence-corrected chi connectivity index (χ4v) is 2.36. The topological polar surface area (TPSA) is 57.8 Å². The van der Waals surface area contributed by atoms with Crippen molar-refractivity contribution in [1.82, 2.24) is 9.97 Å². The van der Waals surface area contributed by atoms with Gasteiger partial charge in [0.15, 0.2) is 5.78 Å². The SMILES string of the molecule is C=C.C=C1CC1.CC(=O)c1cnc(-c2c(F)cccc2F)[nH]1.CNc1ccc(Cl)c(C)c1. The second-order valence-electron chi connectivity index (χ2n) is 6.76. The van der Waals surface area contributed by atoms with Crippen LogP contribution in [0, 0.1) is 18.6 Å². The average molecular weight is 460 g/mol. The summed E-state index contributed by atoms with van der Waals surface area (Å²) in [5.74, 6) is -1.66. The predicted octanol–water partition coefficient (Wildman–Crippen LogP) is 7.39. The van der Waals surface area contributed by atoms with Gasteiger partial charge < -0.3 is 10.3 Å². The minimum Gasteiger partial charge on any atom is -0.388 e. The molecule has 1 heterocycles. The summed E-state index contributed by atoms with van der Waals surface area (Å²) in [7, 11) is 1.89. The summed E-state index contributed by atoms with van der Waals surface area (Å²) >= 11 is 5.81. The Morgan fingerprint density at radius 1 is 1.16 bits per heavy atom. The summed E-state index contributed by atoms with van der Waals surface area (Å²) < 4.78 is 26.7. The molecule has 4 rings (SSSR count). The summed E-state index contributed by atoms with van der Waals surface area (Å²) in [6.07, 6.45) is 3.84. The number of carbonyl (C=O) groups is 1. The van der Waals surface area contributed by atoms with E-state index in [1.807, 2.05) is 32.2 Å². The first kappa shape index (κ1) is 26.8. The first-order valence-corrected chi connectivity index (χ1v) is 10.2. The van der Waals surface area contributed by atoms with Gasteiger partial charge in [-0.2, -0.15) is 0 Å². The van der Waals surface area contributed by atoms with Crippen LogP contribution in [0.5, 0.6) is 0 Å². The Morgan fingerprint density at radius 3 is 2.12 bits per heavy atom. The van der Waals surface area contributed by atoms with Crippen LogP contribution in [0.25, 0.3) is 11.4 Å². The highest BCUT2D eigenvalue weighted by Gasteiger charge is 2.15. The first-order valence-electron chi connectivity index (χ1n) is 9.83. The normalized spacial score (nSPS) is 11.0. The third-order valence-corrected chi connectivity index (χ3v) is 4.63. The molecule has 0 spiro atoms. The van der Waals surface area contributed by atoms with Gasteiger partial charge in [-0.1, -0.05) is 29.8 Å². The Morgan fingerprint density at radius 2 is 1.72 bits per heavy atom. The molecule has 2 N–H and O–H groups in total. The summed E-state index contributed by atoms with van der Waals surface area (Å²) in [6.45, 7) is 13.0. The van der Waals surface area contributed by atoms with Crippen LogP contribution in [0.3, 0.4) is 0 Å². The fourth-order valence-electron chi connectivity index (χ4n) is 2.24. The summed E-state index contributed by atoms with van der Waals surface area (Å²) in [5, 5.41) is 3.85. The van der Waals surface area contributed by atoms with Gasteiger partial charge in [0, 0.05) is 24.7 Å². The zero-order valence-corrected chi connectivity index (χ0v) is 19.3. The van der Waals surface area contributed by atoms with Crippen molar-refractivity contribution in [1.29, 1.82) is 0 Å². The molecule has 0 aliphatic heterocycles. The number of nitrogens with zero attached hydrogens (tertiary/aromatic N) is 1. The van der Waals surface area contributed by atoms with E-state index in [2.05, 4.69) is 35.0 Å². The van der Waals surface area contributed by atoms with Crippen LogP contribution in [-0.4, -0.2) is 22.8 Å². The lowest BCUT2D eigenvalue weighted by Gasteiger charge is -2.01. The Bertz CT molecular complexity index is 1040. The molecule has 1 aliphatic carbocycles. The lowest BCUT2D eigenvalue weighted by Crippen LogP contribution is -1.94. The molecule has 1 aliphatic rings. The van der Waals surface area contributed by atoms with Crippen LogP contribution in [0.1, 0.15) is 35.8 Å². The molecule has 32 heavy (non-hydrogen) atoms. The minimum atomic E-state index is -0.718. The molecule has 2 aromatic carbocycles. The quantitative estimate of drug-likeness (QED) is 0.317. The average Bonchev–Trinajstić information content (AvgIpc) is 3.40.